The van der Waals surface area contributed by atoms with Crippen molar-refractivity contribution in [1.29, 1.82) is 0 Å². The molecule has 122 valence electrons. The van der Waals surface area contributed by atoms with E-state index in [-0.39, 0.29) is 5.91 Å². The van der Waals surface area contributed by atoms with Crippen LogP contribution in [0.4, 0.5) is 5.69 Å². The van der Waals surface area contributed by atoms with Crippen LogP contribution in [0.2, 0.25) is 0 Å². The maximum absolute atomic E-state index is 12.8. The van der Waals surface area contributed by atoms with Gasteiger partial charge in [-0.3, -0.25) is 4.79 Å². The van der Waals surface area contributed by atoms with E-state index in [1.807, 2.05) is 79.7 Å². The van der Waals surface area contributed by atoms with Gasteiger partial charge in [-0.05, 0) is 18.4 Å². The van der Waals surface area contributed by atoms with Gasteiger partial charge in [0.25, 0.3) is 5.91 Å². The Morgan fingerprint density at radius 2 is 1.64 bits per heavy atom. The van der Waals surface area contributed by atoms with Crippen molar-refractivity contribution in [1.82, 2.24) is 4.98 Å². The third-order valence-electron chi connectivity index (χ3n) is 4.06. The summed E-state index contributed by atoms with van der Waals surface area (Å²) in [5.74, 6) is -0.117. The fourth-order valence-electron chi connectivity index (χ4n) is 2.82. The van der Waals surface area contributed by atoms with Gasteiger partial charge in [0.1, 0.15) is 9.88 Å². The largest absolute Gasteiger partial charge is 0.321 e. The maximum atomic E-state index is 12.8. The highest BCUT2D eigenvalue weighted by molar-refractivity contribution is 7.17. The number of benzene rings is 3. The Hall–Kier alpha value is -2.98. The van der Waals surface area contributed by atoms with Gasteiger partial charge in [0.05, 0.1) is 5.69 Å². The van der Waals surface area contributed by atoms with Gasteiger partial charge in [-0.25, -0.2) is 4.98 Å². The van der Waals surface area contributed by atoms with Crippen LogP contribution in [0.15, 0.2) is 72.8 Å². The molecule has 1 aromatic heterocycles. The molecule has 4 heteroatoms. The second kappa shape index (κ2) is 6.49. The van der Waals surface area contributed by atoms with Gasteiger partial charge in [0.2, 0.25) is 0 Å². The van der Waals surface area contributed by atoms with Crippen LogP contribution >= 0.6 is 11.3 Å². The first kappa shape index (κ1) is 15.5. The van der Waals surface area contributed by atoms with Crippen molar-refractivity contribution in [3.05, 3.63) is 83.4 Å². The zero-order valence-corrected chi connectivity index (χ0v) is 14.5. The number of rotatable bonds is 3. The molecule has 1 N–H and O–H groups in total. The number of thiazole rings is 1. The molecule has 0 saturated carbocycles. The number of aromatic nitrogens is 1. The lowest BCUT2D eigenvalue weighted by Gasteiger charge is -2.08. The molecule has 0 spiro atoms. The molecule has 0 bridgehead atoms. The topological polar surface area (TPSA) is 42.0 Å². The van der Waals surface area contributed by atoms with Crippen LogP contribution in [0.3, 0.4) is 0 Å². The van der Waals surface area contributed by atoms with Crippen molar-refractivity contribution in [2.45, 2.75) is 6.92 Å². The second-order valence-electron chi connectivity index (χ2n) is 5.78. The molecular weight excluding hydrogens is 328 g/mol. The standard InChI is InChI=1S/C21H16N2OS/c1-14-19(25-21(22-14)16-9-3-2-4-10-16)20(24)23-18-13-7-11-15-8-5-6-12-17(15)18/h2-13H,1H3,(H,23,24). The van der Waals surface area contributed by atoms with Crippen LogP contribution in [0.5, 0.6) is 0 Å². The summed E-state index contributed by atoms with van der Waals surface area (Å²) >= 11 is 1.42. The Kier molecular flexibility index (Phi) is 4.04. The van der Waals surface area contributed by atoms with E-state index in [0.29, 0.717) is 4.88 Å². The smallest absolute Gasteiger partial charge is 0.267 e. The lowest BCUT2D eigenvalue weighted by molar-refractivity contribution is 0.103. The second-order valence-corrected chi connectivity index (χ2v) is 6.78. The molecule has 0 atom stereocenters. The van der Waals surface area contributed by atoms with Gasteiger partial charge in [-0.1, -0.05) is 66.7 Å². The van der Waals surface area contributed by atoms with Crippen LogP contribution in [0.25, 0.3) is 21.3 Å². The van der Waals surface area contributed by atoms with Crippen LogP contribution < -0.4 is 5.32 Å². The van der Waals surface area contributed by atoms with Crippen molar-refractivity contribution in [2.24, 2.45) is 0 Å². The molecule has 4 rings (SSSR count). The van der Waals surface area contributed by atoms with Crippen molar-refractivity contribution < 1.29 is 4.79 Å². The highest BCUT2D eigenvalue weighted by atomic mass is 32.1. The number of hydrogen-bond acceptors (Lipinski definition) is 3. The number of aryl methyl sites for hydroxylation is 1. The molecule has 0 aliphatic carbocycles. The third-order valence-corrected chi connectivity index (χ3v) is 5.27. The van der Waals surface area contributed by atoms with E-state index >= 15 is 0 Å². The normalized spacial score (nSPS) is 10.8. The zero-order valence-electron chi connectivity index (χ0n) is 13.7. The Bertz CT molecular complexity index is 1050. The molecule has 25 heavy (non-hydrogen) atoms. The van der Waals surface area contributed by atoms with Gasteiger partial charge in [-0.2, -0.15) is 0 Å². The first-order chi connectivity index (χ1) is 12.2. The zero-order chi connectivity index (χ0) is 17.2. The third kappa shape index (κ3) is 3.04. The highest BCUT2D eigenvalue weighted by Gasteiger charge is 2.17. The molecule has 0 aliphatic rings. The molecule has 3 nitrogen and oxygen atoms in total. The molecule has 0 radical (unpaired) electrons. The summed E-state index contributed by atoms with van der Waals surface area (Å²) in [5, 5.41) is 6.03. The number of carbonyl (C=O) groups is 1. The summed E-state index contributed by atoms with van der Waals surface area (Å²) in [6, 6.07) is 23.9. The van der Waals surface area contributed by atoms with Crippen LogP contribution in [-0.4, -0.2) is 10.9 Å². The quantitative estimate of drug-likeness (QED) is 0.531. The first-order valence-corrected chi connectivity index (χ1v) is 8.86. The van der Waals surface area contributed by atoms with E-state index in [2.05, 4.69) is 10.3 Å². The molecule has 4 aromatic rings. The number of amides is 1. The minimum absolute atomic E-state index is 0.117. The van der Waals surface area contributed by atoms with Crippen molar-refractivity contribution in [2.75, 3.05) is 5.32 Å². The first-order valence-electron chi connectivity index (χ1n) is 8.04. The van der Waals surface area contributed by atoms with Gasteiger partial charge >= 0.3 is 0 Å². The fourth-order valence-corrected chi connectivity index (χ4v) is 3.79. The lowest BCUT2D eigenvalue weighted by atomic mass is 10.1. The van der Waals surface area contributed by atoms with Crippen molar-refractivity contribution in [3.63, 3.8) is 0 Å². The van der Waals surface area contributed by atoms with Gasteiger partial charge < -0.3 is 5.32 Å². The summed E-state index contributed by atoms with van der Waals surface area (Å²) in [6.45, 7) is 1.88. The van der Waals surface area contributed by atoms with Crippen LogP contribution in [0, 0.1) is 6.92 Å². The maximum Gasteiger partial charge on any atom is 0.267 e. The summed E-state index contributed by atoms with van der Waals surface area (Å²) in [5.41, 5.74) is 2.60. The van der Waals surface area contributed by atoms with E-state index in [0.717, 1.165) is 32.7 Å². The molecule has 1 heterocycles. The van der Waals surface area contributed by atoms with Crippen molar-refractivity contribution >= 4 is 33.7 Å². The van der Waals surface area contributed by atoms with E-state index in [4.69, 9.17) is 0 Å². The van der Waals surface area contributed by atoms with E-state index in [9.17, 15) is 4.79 Å². The van der Waals surface area contributed by atoms with Crippen LogP contribution in [0.1, 0.15) is 15.4 Å². The number of carbonyl (C=O) groups excluding carboxylic acids is 1. The van der Waals surface area contributed by atoms with E-state index in [1.54, 1.807) is 0 Å². The summed E-state index contributed by atoms with van der Waals surface area (Å²) in [6.07, 6.45) is 0. The summed E-state index contributed by atoms with van der Waals surface area (Å²) in [7, 11) is 0. The Labute approximate surface area is 150 Å². The number of fused-ring (bicyclic) bond motifs is 1. The average molecular weight is 344 g/mol. The molecule has 0 fully saturated rings. The molecule has 0 unspecified atom stereocenters. The Morgan fingerprint density at radius 1 is 0.920 bits per heavy atom. The number of nitrogens with one attached hydrogen (secondary N) is 1. The Morgan fingerprint density at radius 3 is 2.48 bits per heavy atom. The summed E-state index contributed by atoms with van der Waals surface area (Å²) in [4.78, 5) is 18.0. The van der Waals surface area contributed by atoms with E-state index < -0.39 is 0 Å². The predicted octanol–water partition coefficient (Wildman–Crippen LogP) is 5.52. The molecule has 0 saturated heterocycles. The molecule has 0 aliphatic heterocycles. The molecule has 1 amide bonds. The minimum Gasteiger partial charge on any atom is -0.321 e. The molecular formula is C21H16N2OS. The molecule has 3 aromatic carbocycles. The summed E-state index contributed by atoms with van der Waals surface area (Å²) < 4.78 is 0. The average Bonchev–Trinajstić information content (AvgIpc) is 3.05. The monoisotopic (exact) mass is 344 g/mol. The van der Waals surface area contributed by atoms with Crippen LogP contribution in [-0.2, 0) is 0 Å². The van der Waals surface area contributed by atoms with Gasteiger partial charge in [-0.15, -0.1) is 11.3 Å². The van der Waals surface area contributed by atoms with Gasteiger partial charge in [0, 0.05) is 16.6 Å². The number of hydrogen-bond donors (Lipinski definition) is 1. The highest BCUT2D eigenvalue weighted by Crippen LogP contribution is 2.29. The number of anilines is 1. The van der Waals surface area contributed by atoms with Gasteiger partial charge in [0.15, 0.2) is 0 Å². The predicted molar refractivity (Wildman–Crippen MR) is 104 cm³/mol. The fraction of sp³-hybridized carbons (Fsp3) is 0.0476. The SMILES string of the molecule is Cc1nc(-c2ccccc2)sc1C(=O)Nc1cccc2ccccc12. The Balaban J connectivity index is 1.66. The van der Waals surface area contributed by atoms with E-state index in [1.165, 1.54) is 11.3 Å². The van der Waals surface area contributed by atoms with Crippen molar-refractivity contribution in [3.8, 4) is 10.6 Å². The number of nitrogens with zero attached hydrogens (tertiary/aromatic N) is 1. The lowest BCUT2D eigenvalue weighted by Crippen LogP contribution is -2.11. The minimum atomic E-state index is -0.117.